The Morgan fingerprint density at radius 3 is 2.60 bits per heavy atom. The lowest BCUT2D eigenvalue weighted by Crippen LogP contribution is -2.26. The van der Waals surface area contributed by atoms with Gasteiger partial charge >= 0.3 is 0 Å². The predicted octanol–water partition coefficient (Wildman–Crippen LogP) is 2.88. The molecule has 1 aromatic heterocycles. The monoisotopic (exact) mass is 271 g/mol. The molecule has 2 aromatic rings. The van der Waals surface area contributed by atoms with Crippen LogP contribution in [0.15, 0.2) is 36.7 Å². The molecular formula is C17H25N3. The summed E-state index contributed by atoms with van der Waals surface area (Å²) >= 11 is 0. The molecule has 0 saturated heterocycles. The zero-order chi connectivity index (χ0) is 14.4. The number of rotatable bonds is 7. The average Bonchev–Trinajstić information content (AvgIpc) is 2.86. The highest BCUT2D eigenvalue weighted by Gasteiger charge is 2.08. The van der Waals surface area contributed by atoms with Crippen LogP contribution < -0.4 is 5.32 Å². The second-order valence-electron chi connectivity index (χ2n) is 5.51. The van der Waals surface area contributed by atoms with Crippen LogP contribution in [0.3, 0.4) is 0 Å². The van der Waals surface area contributed by atoms with E-state index >= 15 is 0 Å². The maximum atomic E-state index is 4.22. The molecule has 1 unspecified atom stereocenters. The number of aryl methyl sites for hydroxylation is 4. The van der Waals surface area contributed by atoms with E-state index in [0.29, 0.717) is 6.04 Å². The molecule has 0 aliphatic rings. The van der Waals surface area contributed by atoms with Crippen LogP contribution in [0.4, 0.5) is 0 Å². The summed E-state index contributed by atoms with van der Waals surface area (Å²) in [5.41, 5.74) is 4.19. The lowest BCUT2D eigenvalue weighted by molar-refractivity contribution is 0.489. The topological polar surface area (TPSA) is 29.9 Å². The van der Waals surface area contributed by atoms with Crippen molar-refractivity contribution < 1.29 is 0 Å². The molecule has 0 spiro atoms. The van der Waals surface area contributed by atoms with Crippen molar-refractivity contribution in [2.24, 2.45) is 7.05 Å². The van der Waals surface area contributed by atoms with Gasteiger partial charge in [0.15, 0.2) is 0 Å². The molecule has 1 aromatic carbocycles. The van der Waals surface area contributed by atoms with E-state index in [0.717, 1.165) is 19.3 Å². The van der Waals surface area contributed by atoms with E-state index < -0.39 is 0 Å². The summed E-state index contributed by atoms with van der Waals surface area (Å²) in [5.74, 6) is 0. The van der Waals surface area contributed by atoms with Crippen molar-refractivity contribution in [1.82, 2.24) is 15.1 Å². The minimum absolute atomic E-state index is 0.565. The third-order valence-corrected chi connectivity index (χ3v) is 3.97. The van der Waals surface area contributed by atoms with Gasteiger partial charge in [0, 0.05) is 19.3 Å². The summed E-state index contributed by atoms with van der Waals surface area (Å²) in [6.07, 6.45) is 8.65. The van der Waals surface area contributed by atoms with Gasteiger partial charge in [0.25, 0.3) is 0 Å². The number of benzene rings is 1. The molecule has 3 heteroatoms. The number of nitrogens with zero attached hydrogens (tertiary/aromatic N) is 2. The van der Waals surface area contributed by atoms with Gasteiger partial charge < -0.3 is 5.32 Å². The van der Waals surface area contributed by atoms with Crippen molar-refractivity contribution >= 4 is 0 Å². The van der Waals surface area contributed by atoms with Gasteiger partial charge in [0.2, 0.25) is 0 Å². The molecule has 0 aliphatic carbocycles. The fraction of sp³-hybridized carbons (Fsp3) is 0.471. The first-order chi connectivity index (χ1) is 9.69. The van der Waals surface area contributed by atoms with Crippen LogP contribution >= 0.6 is 0 Å². The quantitative estimate of drug-likeness (QED) is 0.839. The van der Waals surface area contributed by atoms with Crippen LogP contribution in [-0.2, 0) is 19.9 Å². The van der Waals surface area contributed by atoms with E-state index in [9.17, 15) is 0 Å². The lowest BCUT2D eigenvalue weighted by atomic mass is 9.98. The fourth-order valence-electron chi connectivity index (χ4n) is 2.60. The number of aromatic nitrogens is 2. The third-order valence-electron chi connectivity index (χ3n) is 3.97. The Morgan fingerprint density at radius 1 is 1.20 bits per heavy atom. The summed E-state index contributed by atoms with van der Waals surface area (Å²) < 4.78 is 1.87. The average molecular weight is 271 g/mol. The van der Waals surface area contributed by atoms with Gasteiger partial charge in [-0.25, -0.2) is 0 Å². The molecule has 3 nitrogen and oxygen atoms in total. The zero-order valence-electron chi connectivity index (χ0n) is 12.8. The van der Waals surface area contributed by atoms with E-state index in [1.54, 1.807) is 0 Å². The van der Waals surface area contributed by atoms with Gasteiger partial charge in [-0.05, 0) is 56.3 Å². The van der Waals surface area contributed by atoms with Crippen LogP contribution in [0, 0.1) is 6.92 Å². The van der Waals surface area contributed by atoms with Crippen LogP contribution in [0.1, 0.15) is 29.5 Å². The minimum atomic E-state index is 0.565. The normalized spacial score (nSPS) is 12.6. The highest BCUT2D eigenvalue weighted by molar-refractivity contribution is 5.25. The summed E-state index contributed by atoms with van der Waals surface area (Å²) in [6, 6.07) is 9.24. The first-order valence-corrected chi connectivity index (χ1v) is 7.38. The maximum Gasteiger partial charge on any atom is 0.0521 e. The molecule has 0 fully saturated rings. The van der Waals surface area contributed by atoms with Gasteiger partial charge in [-0.15, -0.1) is 0 Å². The highest BCUT2D eigenvalue weighted by atomic mass is 15.2. The van der Waals surface area contributed by atoms with Crippen molar-refractivity contribution in [3.8, 4) is 0 Å². The largest absolute Gasteiger partial charge is 0.317 e. The molecule has 108 valence electrons. The van der Waals surface area contributed by atoms with Crippen molar-refractivity contribution in [2.45, 2.75) is 38.6 Å². The van der Waals surface area contributed by atoms with E-state index in [2.05, 4.69) is 54.8 Å². The first-order valence-electron chi connectivity index (χ1n) is 7.38. The molecule has 1 atom stereocenters. The minimum Gasteiger partial charge on any atom is -0.317 e. The zero-order valence-corrected chi connectivity index (χ0v) is 12.8. The lowest BCUT2D eigenvalue weighted by Gasteiger charge is -2.16. The molecule has 0 radical (unpaired) electrons. The Hall–Kier alpha value is -1.61. The van der Waals surface area contributed by atoms with E-state index in [1.165, 1.54) is 23.1 Å². The smallest absolute Gasteiger partial charge is 0.0521 e. The van der Waals surface area contributed by atoms with Crippen molar-refractivity contribution in [1.29, 1.82) is 0 Å². The fourth-order valence-corrected chi connectivity index (χ4v) is 2.60. The predicted molar refractivity (Wildman–Crippen MR) is 83.9 cm³/mol. The standard InChI is InChI=1S/C17H25N3/c1-14-6-4-5-7-16(14)9-11-17(18-2)10-8-15-12-19-20(3)13-15/h4-7,12-13,17-18H,8-11H2,1-3H3. The Balaban J connectivity index is 1.82. The molecule has 2 rings (SSSR count). The van der Waals surface area contributed by atoms with Crippen molar-refractivity contribution in [2.75, 3.05) is 7.05 Å². The summed E-state index contributed by atoms with van der Waals surface area (Å²) in [4.78, 5) is 0. The Morgan fingerprint density at radius 2 is 1.95 bits per heavy atom. The van der Waals surface area contributed by atoms with Gasteiger partial charge in [-0.1, -0.05) is 24.3 Å². The number of hydrogen-bond donors (Lipinski definition) is 1. The van der Waals surface area contributed by atoms with Gasteiger partial charge in [0.05, 0.1) is 6.20 Å². The van der Waals surface area contributed by atoms with Crippen molar-refractivity contribution in [3.63, 3.8) is 0 Å². The molecule has 0 bridgehead atoms. The number of hydrogen-bond acceptors (Lipinski definition) is 2. The molecule has 1 heterocycles. The maximum absolute atomic E-state index is 4.22. The second-order valence-corrected chi connectivity index (χ2v) is 5.51. The van der Waals surface area contributed by atoms with Crippen LogP contribution in [0.25, 0.3) is 0 Å². The molecular weight excluding hydrogens is 246 g/mol. The van der Waals surface area contributed by atoms with Crippen LogP contribution in [0.5, 0.6) is 0 Å². The molecule has 1 N–H and O–H groups in total. The van der Waals surface area contributed by atoms with Crippen molar-refractivity contribution in [3.05, 3.63) is 53.3 Å². The van der Waals surface area contributed by atoms with E-state index in [4.69, 9.17) is 0 Å². The molecule has 0 saturated carbocycles. The van der Waals surface area contributed by atoms with Gasteiger partial charge in [0.1, 0.15) is 0 Å². The van der Waals surface area contributed by atoms with E-state index in [1.807, 2.05) is 17.9 Å². The van der Waals surface area contributed by atoms with Crippen LogP contribution in [0.2, 0.25) is 0 Å². The second kappa shape index (κ2) is 7.25. The summed E-state index contributed by atoms with van der Waals surface area (Å²) in [6.45, 7) is 2.19. The molecule has 0 aliphatic heterocycles. The SMILES string of the molecule is CNC(CCc1cnn(C)c1)CCc1ccccc1C. The molecule has 0 amide bonds. The van der Waals surface area contributed by atoms with Gasteiger partial charge in [-0.3, -0.25) is 4.68 Å². The Labute approximate surface area is 122 Å². The number of nitrogens with one attached hydrogen (secondary N) is 1. The van der Waals surface area contributed by atoms with Gasteiger partial charge in [-0.2, -0.15) is 5.10 Å². The Bertz CT molecular complexity index is 531. The van der Waals surface area contributed by atoms with E-state index in [-0.39, 0.29) is 0 Å². The molecule has 20 heavy (non-hydrogen) atoms. The van der Waals surface area contributed by atoms with Crippen LogP contribution in [-0.4, -0.2) is 22.9 Å². The first kappa shape index (κ1) is 14.8. The highest BCUT2D eigenvalue weighted by Crippen LogP contribution is 2.13. The summed E-state index contributed by atoms with van der Waals surface area (Å²) in [7, 11) is 4.03. The third kappa shape index (κ3) is 4.20. The Kier molecular flexibility index (Phi) is 5.36. The summed E-state index contributed by atoms with van der Waals surface area (Å²) in [5, 5.41) is 7.66.